The van der Waals surface area contributed by atoms with Crippen LogP contribution in [0.3, 0.4) is 0 Å². The average molecular weight is 282 g/mol. The van der Waals surface area contributed by atoms with Gasteiger partial charge in [0.05, 0.1) is 0 Å². The summed E-state index contributed by atoms with van der Waals surface area (Å²) in [4.78, 5) is 11.6. The summed E-state index contributed by atoms with van der Waals surface area (Å²) in [5.74, 6) is 4.42. The molecule has 2 fully saturated rings. The van der Waals surface area contributed by atoms with Crippen LogP contribution in [0.25, 0.3) is 0 Å². The number of hydrogen-bond acceptors (Lipinski definition) is 2. The molecule has 2 saturated carbocycles. The minimum atomic E-state index is -0.862. The van der Waals surface area contributed by atoms with Crippen LogP contribution in [0.15, 0.2) is 22.8 Å². The lowest BCUT2D eigenvalue weighted by Gasteiger charge is -2.43. The van der Waals surface area contributed by atoms with Gasteiger partial charge in [-0.05, 0) is 74.0 Å². The maximum absolute atomic E-state index is 11.6. The van der Waals surface area contributed by atoms with E-state index >= 15 is 0 Å². The van der Waals surface area contributed by atoms with Gasteiger partial charge in [0, 0.05) is 12.3 Å². The van der Waals surface area contributed by atoms with Crippen LogP contribution in [0.2, 0.25) is 0 Å². The molecule has 110 valence electrons. The highest BCUT2D eigenvalue weighted by Crippen LogP contribution is 2.56. The van der Waals surface area contributed by atoms with Gasteiger partial charge in [0.25, 0.3) is 0 Å². The van der Waals surface area contributed by atoms with Gasteiger partial charge in [0.2, 0.25) is 0 Å². The van der Waals surface area contributed by atoms with Crippen molar-refractivity contribution < 1.29 is 9.90 Å². The van der Waals surface area contributed by atoms with Crippen molar-refractivity contribution in [3.63, 3.8) is 0 Å². The molecule has 0 heterocycles. The molecule has 1 N–H and O–H groups in total. The highest BCUT2D eigenvalue weighted by atomic mass is 16.3. The van der Waals surface area contributed by atoms with E-state index in [1.165, 1.54) is 11.1 Å². The second-order valence-electron chi connectivity index (χ2n) is 7.20. The largest absolute Gasteiger partial charge is 0.377 e. The molecule has 21 heavy (non-hydrogen) atoms. The summed E-state index contributed by atoms with van der Waals surface area (Å²) in [6.45, 7) is 0. The van der Waals surface area contributed by atoms with Gasteiger partial charge in [-0.15, -0.1) is 6.42 Å². The lowest BCUT2D eigenvalue weighted by Crippen LogP contribution is -2.40. The molecule has 4 aliphatic rings. The lowest BCUT2D eigenvalue weighted by atomic mass is 9.62. The molecule has 0 spiro atoms. The fraction of sp³-hybridized carbons (Fsp3) is 0.632. The maximum atomic E-state index is 11.6. The quantitative estimate of drug-likeness (QED) is 0.693. The number of allylic oxidation sites excluding steroid dienone is 4. The number of aliphatic hydroxyl groups is 1. The van der Waals surface area contributed by atoms with Crippen molar-refractivity contribution in [2.75, 3.05) is 0 Å². The summed E-state index contributed by atoms with van der Waals surface area (Å²) in [7, 11) is 0. The first-order valence-corrected chi connectivity index (χ1v) is 8.28. The van der Waals surface area contributed by atoms with Crippen LogP contribution in [0.5, 0.6) is 0 Å². The van der Waals surface area contributed by atoms with E-state index in [4.69, 9.17) is 6.42 Å². The second-order valence-corrected chi connectivity index (χ2v) is 7.20. The first-order chi connectivity index (χ1) is 10.1. The zero-order chi connectivity index (χ0) is 14.6. The summed E-state index contributed by atoms with van der Waals surface area (Å²) >= 11 is 0. The van der Waals surface area contributed by atoms with Gasteiger partial charge < -0.3 is 5.11 Å². The highest BCUT2D eigenvalue weighted by molar-refractivity contribution is 5.93. The summed E-state index contributed by atoms with van der Waals surface area (Å²) in [5, 5.41) is 10.6. The maximum Gasteiger partial charge on any atom is 0.156 e. The summed E-state index contributed by atoms with van der Waals surface area (Å²) in [6, 6.07) is 0. The van der Waals surface area contributed by atoms with Gasteiger partial charge in [-0.3, -0.25) is 4.79 Å². The molecule has 0 radical (unpaired) electrons. The van der Waals surface area contributed by atoms with Crippen LogP contribution >= 0.6 is 0 Å². The Hall–Kier alpha value is -1.33. The fourth-order valence-electron chi connectivity index (χ4n) is 5.42. The molecule has 4 atom stereocenters. The Labute approximate surface area is 126 Å². The monoisotopic (exact) mass is 282 g/mol. The van der Waals surface area contributed by atoms with Crippen molar-refractivity contribution >= 4 is 5.78 Å². The van der Waals surface area contributed by atoms with Crippen molar-refractivity contribution in [3.05, 3.63) is 22.8 Å². The van der Waals surface area contributed by atoms with Gasteiger partial charge in [-0.25, -0.2) is 0 Å². The Morgan fingerprint density at radius 3 is 2.86 bits per heavy atom. The molecule has 0 unspecified atom stereocenters. The van der Waals surface area contributed by atoms with Crippen molar-refractivity contribution in [2.45, 2.75) is 57.0 Å². The first-order valence-electron chi connectivity index (χ1n) is 8.28. The van der Waals surface area contributed by atoms with Crippen molar-refractivity contribution in [1.82, 2.24) is 0 Å². The van der Waals surface area contributed by atoms with E-state index in [0.717, 1.165) is 44.9 Å². The van der Waals surface area contributed by atoms with Crippen molar-refractivity contribution in [1.29, 1.82) is 0 Å². The molecule has 0 saturated heterocycles. The minimum Gasteiger partial charge on any atom is -0.377 e. The summed E-state index contributed by atoms with van der Waals surface area (Å²) in [5.41, 5.74) is 3.53. The number of hydrogen-bond donors (Lipinski definition) is 1. The SMILES string of the molecule is C#C[C@]1(O)CC[C@H]2[C@@H]3CCC4=CC(=O)CCC4=C3CC[C@@H]21. The minimum absolute atomic E-state index is 0.285. The van der Waals surface area contributed by atoms with Crippen LogP contribution in [-0.2, 0) is 4.79 Å². The van der Waals surface area contributed by atoms with Gasteiger partial charge >= 0.3 is 0 Å². The summed E-state index contributed by atoms with van der Waals surface area (Å²) < 4.78 is 0. The Bertz CT molecular complexity index is 604. The first kappa shape index (κ1) is 13.3. The molecule has 4 aliphatic carbocycles. The predicted molar refractivity (Wildman–Crippen MR) is 81.3 cm³/mol. The van der Waals surface area contributed by atoms with Crippen LogP contribution in [-0.4, -0.2) is 16.5 Å². The average Bonchev–Trinajstić information content (AvgIpc) is 2.85. The van der Waals surface area contributed by atoms with Gasteiger partial charge in [-0.1, -0.05) is 11.5 Å². The van der Waals surface area contributed by atoms with E-state index in [2.05, 4.69) is 5.92 Å². The van der Waals surface area contributed by atoms with E-state index < -0.39 is 5.60 Å². The third kappa shape index (κ3) is 1.87. The third-order valence-electron chi connectivity index (χ3n) is 6.38. The van der Waals surface area contributed by atoms with Gasteiger partial charge in [-0.2, -0.15) is 0 Å². The molecule has 0 amide bonds. The number of rotatable bonds is 0. The van der Waals surface area contributed by atoms with Crippen LogP contribution in [0.4, 0.5) is 0 Å². The summed E-state index contributed by atoms with van der Waals surface area (Å²) in [6.07, 6.45) is 15.2. The highest BCUT2D eigenvalue weighted by Gasteiger charge is 2.52. The van der Waals surface area contributed by atoms with E-state index in [0.29, 0.717) is 24.0 Å². The molecule has 0 aromatic rings. The number of ketones is 1. The number of carbonyl (C=O) groups excluding carboxylic acids is 1. The van der Waals surface area contributed by atoms with Crippen LogP contribution < -0.4 is 0 Å². The van der Waals surface area contributed by atoms with Crippen LogP contribution in [0, 0.1) is 30.1 Å². The number of carbonyl (C=O) groups is 1. The Morgan fingerprint density at radius 2 is 2.05 bits per heavy atom. The molecule has 4 rings (SSSR count). The van der Waals surface area contributed by atoms with E-state index in [1.54, 1.807) is 5.57 Å². The molecule has 0 aliphatic heterocycles. The van der Waals surface area contributed by atoms with E-state index in [9.17, 15) is 9.90 Å². The molecule has 0 aromatic carbocycles. The zero-order valence-corrected chi connectivity index (χ0v) is 12.4. The predicted octanol–water partition coefficient (Wildman–Crippen LogP) is 3.17. The van der Waals surface area contributed by atoms with Gasteiger partial charge in [0.15, 0.2) is 5.78 Å². The van der Waals surface area contributed by atoms with Crippen LogP contribution in [0.1, 0.15) is 51.4 Å². The van der Waals surface area contributed by atoms with E-state index in [1.807, 2.05) is 6.08 Å². The molecule has 2 nitrogen and oxygen atoms in total. The van der Waals surface area contributed by atoms with E-state index in [-0.39, 0.29) is 5.92 Å². The smallest absolute Gasteiger partial charge is 0.156 e. The standard InChI is InChI=1S/C19H22O2/c1-2-19(21)10-9-17-16-5-3-12-11-13(20)4-6-14(12)15(16)7-8-18(17)19/h1,11,16-18,21H,3-10H2/t16-,17+,18+,19+/m1/s1. The zero-order valence-electron chi connectivity index (χ0n) is 12.4. The Balaban J connectivity index is 1.71. The number of terminal acetylenes is 1. The fourth-order valence-corrected chi connectivity index (χ4v) is 5.42. The lowest BCUT2D eigenvalue weighted by molar-refractivity contribution is -0.114. The topological polar surface area (TPSA) is 37.3 Å². The van der Waals surface area contributed by atoms with Gasteiger partial charge in [0.1, 0.15) is 5.60 Å². The molecule has 0 bridgehead atoms. The molecule has 2 heteroatoms. The Kier molecular flexibility index (Phi) is 2.91. The normalized spacial score (nSPS) is 41.8. The molecular weight excluding hydrogens is 260 g/mol. The second kappa shape index (κ2) is 4.58. The van der Waals surface area contributed by atoms with Crippen molar-refractivity contribution in [2.24, 2.45) is 17.8 Å². The molecular formula is C19H22O2. The molecule has 0 aromatic heterocycles. The Morgan fingerprint density at radius 1 is 1.19 bits per heavy atom. The third-order valence-corrected chi connectivity index (χ3v) is 6.38. The van der Waals surface area contributed by atoms with Crippen molar-refractivity contribution in [3.8, 4) is 12.3 Å². The number of fused-ring (bicyclic) bond motifs is 4.